The maximum absolute atomic E-state index is 9.48. The highest BCUT2D eigenvalue weighted by molar-refractivity contribution is 7.12. The lowest BCUT2D eigenvalue weighted by Gasteiger charge is -2.03. The summed E-state index contributed by atoms with van der Waals surface area (Å²) in [6.45, 7) is 4.40. The first-order valence-electron chi connectivity index (χ1n) is 4.23. The van der Waals surface area contributed by atoms with Gasteiger partial charge >= 0.3 is 0 Å². The van der Waals surface area contributed by atoms with Crippen LogP contribution in [0.4, 0.5) is 0 Å². The summed E-state index contributed by atoms with van der Waals surface area (Å²) in [4.78, 5) is 1.97. The van der Waals surface area contributed by atoms with Gasteiger partial charge in [-0.3, -0.25) is 0 Å². The predicted octanol–water partition coefficient (Wildman–Crippen LogP) is 2.52. The highest BCUT2D eigenvalue weighted by Crippen LogP contribution is 2.35. The molecular formula is C9H14ClNOS. The van der Waals surface area contributed by atoms with Crippen LogP contribution in [0.15, 0.2) is 6.07 Å². The number of nitrogens with two attached hydrogens (primary N) is 1. The minimum absolute atomic E-state index is 0.244. The predicted molar refractivity (Wildman–Crippen MR) is 57.4 cm³/mol. The Morgan fingerprint density at radius 1 is 1.62 bits per heavy atom. The molecule has 0 spiro atoms. The fourth-order valence-electron chi connectivity index (χ4n) is 1.08. The molecule has 3 N–H and O–H groups in total. The molecule has 2 nitrogen and oxygen atoms in total. The summed E-state index contributed by atoms with van der Waals surface area (Å²) in [6.07, 6.45) is -0.574. The van der Waals surface area contributed by atoms with E-state index in [4.69, 9.17) is 17.3 Å². The van der Waals surface area contributed by atoms with Crippen molar-refractivity contribution in [2.75, 3.05) is 6.54 Å². The van der Waals surface area contributed by atoms with Gasteiger partial charge in [-0.1, -0.05) is 25.4 Å². The van der Waals surface area contributed by atoms with Crippen molar-refractivity contribution in [3.63, 3.8) is 0 Å². The zero-order valence-electron chi connectivity index (χ0n) is 7.75. The van der Waals surface area contributed by atoms with E-state index >= 15 is 0 Å². The van der Waals surface area contributed by atoms with Crippen LogP contribution in [0.5, 0.6) is 0 Å². The molecule has 13 heavy (non-hydrogen) atoms. The Morgan fingerprint density at radius 3 is 2.62 bits per heavy atom. The molecule has 0 aromatic carbocycles. The smallest absolute Gasteiger partial charge is 0.100 e. The van der Waals surface area contributed by atoms with E-state index in [1.54, 1.807) is 6.07 Å². The van der Waals surface area contributed by atoms with Crippen LogP contribution in [0.25, 0.3) is 0 Å². The van der Waals surface area contributed by atoms with Crippen LogP contribution in [0, 0.1) is 0 Å². The van der Waals surface area contributed by atoms with Gasteiger partial charge in [0, 0.05) is 16.3 Å². The topological polar surface area (TPSA) is 46.2 Å². The molecule has 1 aromatic heterocycles. The highest BCUT2D eigenvalue weighted by atomic mass is 35.5. The Balaban J connectivity index is 2.95. The number of thiophene rings is 1. The second-order valence-corrected chi connectivity index (χ2v) is 4.79. The summed E-state index contributed by atoms with van der Waals surface area (Å²) >= 11 is 7.54. The van der Waals surface area contributed by atoms with Crippen molar-refractivity contribution in [2.24, 2.45) is 5.73 Å². The minimum Gasteiger partial charge on any atom is -0.386 e. The molecule has 74 valence electrons. The summed E-state index contributed by atoms with van der Waals surface area (Å²) in [6, 6.07) is 1.80. The first kappa shape index (κ1) is 11.0. The van der Waals surface area contributed by atoms with Gasteiger partial charge in [-0.05, 0) is 12.0 Å². The lowest BCUT2D eigenvalue weighted by Crippen LogP contribution is -2.09. The lowest BCUT2D eigenvalue weighted by atomic mass is 10.2. The van der Waals surface area contributed by atoms with Crippen molar-refractivity contribution in [3.8, 4) is 0 Å². The van der Waals surface area contributed by atoms with Crippen LogP contribution >= 0.6 is 22.9 Å². The zero-order valence-corrected chi connectivity index (χ0v) is 9.32. The maximum atomic E-state index is 9.48. The monoisotopic (exact) mass is 219 g/mol. The van der Waals surface area contributed by atoms with Gasteiger partial charge in [-0.2, -0.15) is 0 Å². The van der Waals surface area contributed by atoms with Crippen molar-refractivity contribution >= 4 is 22.9 Å². The molecule has 0 aliphatic heterocycles. The van der Waals surface area contributed by atoms with Gasteiger partial charge in [0.25, 0.3) is 0 Å². The summed E-state index contributed by atoms with van der Waals surface area (Å²) in [5.41, 5.74) is 5.35. The second kappa shape index (κ2) is 4.42. The number of aliphatic hydroxyl groups is 1. The normalized spacial score (nSPS) is 13.7. The highest BCUT2D eigenvalue weighted by Gasteiger charge is 2.14. The molecule has 0 saturated heterocycles. The van der Waals surface area contributed by atoms with Gasteiger partial charge in [-0.25, -0.2) is 0 Å². The van der Waals surface area contributed by atoms with E-state index in [9.17, 15) is 5.11 Å². The largest absolute Gasteiger partial charge is 0.386 e. The third-order valence-electron chi connectivity index (χ3n) is 1.81. The van der Waals surface area contributed by atoms with Crippen LogP contribution in [0.2, 0.25) is 5.02 Å². The van der Waals surface area contributed by atoms with Crippen molar-refractivity contribution in [1.82, 2.24) is 0 Å². The van der Waals surface area contributed by atoms with Crippen LogP contribution in [-0.2, 0) is 0 Å². The van der Waals surface area contributed by atoms with Crippen molar-refractivity contribution < 1.29 is 5.11 Å². The van der Waals surface area contributed by atoms with E-state index in [-0.39, 0.29) is 6.54 Å². The molecule has 1 rings (SSSR count). The summed E-state index contributed by atoms with van der Waals surface area (Å²) in [5, 5.41) is 10.2. The first-order chi connectivity index (χ1) is 6.06. The number of hydrogen-bond donors (Lipinski definition) is 2. The number of aliphatic hydroxyl groups excluding tert-OH is 1. The van der Waals surface area contributed by atoms with Gasteiger partial charge in [-0.15, -0.1) is 11.3 Å². The van der Waals surface area contributed by atoms with Gasteiger partial charge in [0.15, 0.2) is 0 Å². The fraction of sp³-hybridized carbons (Fsp3) is 0.556. The van der Waals surface area contributed by atoms with Gasteiger partial charge in [0.2, 0.25) is 0 Å². The van der Waals surface area contributed by atoms with Crippen molar-refractivity contribution in [2.45, 2.75) is 25.9 Å². The molecule has 0 aliphatic rings. The Labute approximate surface area is 87.3 Å². The second-order valence-electron chi connectivity index (χ2n) is 3.27. The van der Waals surface area contributed by atoms with Crippen LogP contribution < -0.4 is 5.73 Å². The number of rotatable bonds is 3. The van der Waals surface area contributed by atoms with E-state index in [0.717, 1.165) is 14.8 Å². The molecule has 1 unspecified atom stereocenters. The Bertz CT molecular complexity index is 285. The molecule has 0 bridgehead atoms. The number of halogens is 1. The van der Waals surface area contributed by atoms with Gasteiger partial charge in [0.1, 0.15) is 6.10 Å². The Morgan fingerprint density at radius 2 is 2.23 bits per heavy atom. The van der Waals surface area contributed by atoms with Crippen molar-refractivity contribution in [3.05, 3.63) is 20.8 Å². The van der Waals surface area contributed by atoms with E-state index in [1.807, 2.05) is 0 Å². The van der Waals surface area contributed by atoms with Crippen LogP contribution in [0.1, 0.15) is 35.6 Å². The molecule has 0 saturated carbocycles. The van der Waals surface area contributed by atoms with E-state index in [1.165, 1.54) is 11.3 Å². The quantitative estimate of drug-likeness (QED) is 0.821. The molecule has 4 heteroatoms. The Kier molecular flexibility index (Phi) is 3.74. The molecule has 1 aromatic rings. The number of hydrogen-bond acceptors (Lipinski definition) is 3. The van der Waals surface area contributed by atoms with Gasteiger partial charge < -0.3 is 10.8 Å². The average Bonchev–Trinajstić information content (AvgIpc) is 2.46. The summed E-state index contributed by atoms with van der Waals surface area (Å²) in [7, 11) is 0. The maximum Gasteiger partial charge on any atom is 0.100 e. The minimum atomic E-state index is -0.574. The zero-order chi connectivity index (χ0) is 10.0. The Hall–Kier alpha value is -0.0900. The van der Waals surface area contributed by atoms with Gasteiger partial charge in [0.05, 0.1) is 5.02 Å². The molecule has 0 radical (unpaired) electrons. The first-order valence-corrected chi connectivity index (χ1v) is 5.43. The lowest BCUT2D eigenvalue weighted by molar-refractivity contribution is 0.190. The third-order valence-corrected chi connectivity index (χ3v) is 3.77. The molecule has 0 amide bonds. The molecule has 1 heterocycles. The molecule has 1 atom stereocenters. The van der Waals surface area contributed by atoms with Crippen LogP contribution in [-0.4, -0.2) is 11.7 Å². The molecule has 0 fully saturated rings. The summed E-state index contributed by atoms with van der Waals surface area (Å²) in [5.74, 6) is 0.399. The molecular weight excluding hydrogens is 206 g/mol. The van der Waals surface area contributed by atoms with E-state index < -0.39 is 6.10 Å². The summed E-state index contributed by atoms with van der Waals surface area (Å²) < 4.78 is 0. The fourth-order valence-corrected chi connectivity index (χ4v) is 2.65. The van der Waals surface area contributed by atoms with E-state index in [0.29, 0.717) is 5.92 Å². The van der Waals surface area contributed by atoms with Crippen molar-refractivity contribution in [1.29, 1.82) is 0 Å². The third kappa shape index (κ3) is 2.44. The van der Waals surface area contributed by atoms with Crippen LogP contribution in [0.3, 0.4) is 0 Å². The van der Waals surface area contributed by atoms with E-state index in [2.05, 4.69) is 13.8 Å². The average molecular weight is 220 g/mol. The standard InChI is InChI=1S/C9H14ClNOS/c1-5(2)9-6(10)3-8(13-9)7(12)4-11/h3,5,7,12H,4,11H2,1-2H3. The molecule has 0 aliphatic carbocycles. The SMILES string of the molecule is CC(C)c1sc(C(O)CN)cc1Cl.